The molecule has 0 saturated heterocycles. The Morgan fingerprint density at radius 3 is 2.86 bits per heavy atom. The Bertz CT molecular complexity index is 518. The van der Waals surface area contributed by atoms with Gasteiger partial charge < -0.3 is 10.1 Å². The van der Waals surface area contributed by atoms with E-state index in [2.05, 4.69) is 5.32 Å². The number of alkyl carbamates (subject to hydrolysis) is 1. The second-order valence-electron chi connectivity index (χ2n) is 5.18. The van der Waals surface area contributed by atoms with E-state index in [-0.39, 0.29) is 18.3 Å². The van der Waals surface area contributed by atoms with Crippen LogP contribution in [-0.2, 0) is 9.53 Å². The molecule has 4 nitrogen and oxygen atoms in total. The average Bonchev–Trinajstić information content (AvgIpc) is 2.47. The number of benzene rings is 1. The average molecular weight is 293 g/mol. The Morgan fingerprint density at radius 2 is 2.19 bits per heavy atom. The standard InChI is InChI=1S/C16H20FNO3/c1-2-21-16(20)18-15(11-7-3-5-9-13(11)17)12-8-4-6-10-14(12)19/h3,5,7,9,12,15H,2,4,6,8,10H2,1H3,(H,18,20)/t12-,15+/m1/s1. The predicted octanol–water partition coefficient (Wildman–Crippen LogP) is 3.37. The SMILES string of the molecule is CCOC(=O)N[C@@H](c1ccccc1F)[C@@H]1CCCCC1=O. The number of ketones is 1. The first-order valence-electron chi connectivity index (χ1n) is 7.34. The Labute approximate surface area is 123 Å². The van der Waals surface area contributed by atoms with Crippen LogP contribution in [0.25, 0.3) is 0 Å². The third kappa shape index (κ3) is 3.80. The van der Waals surface area contributed by atoms with Crippen molar-refractivity contribution >= 4 is 11.9 Å². The second-order valence-corrected chi connectivity index (χ2v) is 5.18. The highest BCUT2D eigenvalue weighted by Gasteiger charge is 2.34. The zero-order chi connectivity index (χ0) is 15.2. The highest BCUT2D eigenvalue weighted by atomic mass is 19.1. The molecular formula is C16H20FNO3. The number of Topliss-reactive ketones (excluding diaryl/α,β-unsaturated/α-hetero) is 1. The summed E-state index contributed by atoms with van der Waals surface area (Å²) in [6, 6.07) is 5.56. The van der Waals surface area contributed by atoms with E-state index in [0.717, 1.165) is 12.8 Å². The van der Waals surface area contributed by atoms with Gasteiger partial charge in [-0.3, -0.25) is 4.79 Å². The first-order valence-corrected chi connectivity index (χ1v) is 7.34. The molecule has 1 aliphatic rings. The largest absolute Gasteiger partial charge is 0.450 e. The van der Waals surface area contributed by atoms with E-state index in [9.17, 15) is 14.0 Å². The minimum absolute atomic E-state index is 0.0753. The second kappa shape index (κ2) is 7.20. The molecule has 5 heteroatoms. The zero-order valence-corrected chi connectivity index (χ0v) is 12.1. The Hall–Kier alpha value is -1.91. The summed E-state index contributed by atoms with van der Waals surface area (Å²) in [5.41, 5.74) is 0.339. The summed E-state index contributed by atoms with van der Waals surface area (Å²) >= 11 is 0. The molecule has 1 aromatic carbocycles. The number of carbonyl (C=O) groups excluding carboxylic acids is 2. The molecule has 1 saturated carbocycles. The number of rotatable bonds is 4. The maximum Gasteiger partial charge on any atom is 0.407 e. The monoisotopic (exact) mass is 293 g/mol. The maximum absolute atomic E-state index is 14.1. The van der Waals surface area contributed by atoms with Crippen LogP contribution in [0, 0.1) is 11.7 Å². The number of carbonyl (C=O) groups is 2. The van der Waals surface area contributed by atoms with Crippen LogP contribution < -0.4 is 5.32 Å². The smallest absolute Gasteiger partial charge is 0.407 e. The highest BCUT2D eigenvalue weighted by Crippen LogP contribution is 2.33. The van der Waals surface area contributed by atoms with Crippen molar-refractivity contribution in [2.75, 3.05) is 6.61 Å². The van der Waals surface area contributed by atoms with Gasteiger partial charge in [0.1, 0.15) is 11.6 Å². The first-order chi connectivity index (χ1) is 10.1. The van der Waals surface area contributed by atoms with Crippen LogP contribution in [-0.4, -0.2) is 18.5 Å². The zero-order valence-electron chi connectivity index (χ0n) is 12.1. The Balaban J connectivity index is 2.27. The minimum Gasteiger partial charge on any atom is -0.450 e. The van der Waals surface area contributed by atoms with Crippen LogP contribution in [0.5, 0.6) is 0 Å². The van der Waals surface area contributed by atoms with E-state index < -0.39 is 18.0 Å². The molecule has 1 aromatic rings. The van der Waals surface area contributed by atoms with E-state index in [1.807, 2.05) is 0 Å². The maximum atomic E-state index is 14.1. The molecule has 0 heterocycles. The molecule has 2 atom stereocenters. The number of amides is 1. The van der Waals surface area contributed by atoms with Crippen LogP contribution in [0.1, 0.15) is 44.2 Å². The summed E-state index contributed by atoms with van der Waals surface area (Å²) in [7, 11) is 0. The Morgan fingerprint density at radius 1 is 1.43 bits per heavy atom. The topological polar surface area (TPSA) is 55.4 Å². The van der Waals surface area contributed by atoms with Crippen molar-refractivity contribution < 1.29 is 18.7 Å². The van der Waals surface area contributed by atoms with Crippen LogP contribution in [0.4, 0.5) is 9.18 Å². The van der Waals surface area contributed by atoms with Gasteiger partial charge in [0.05, 0.1) is 12.6 Å². The summed E-state index contributed by atoms with van der Waals surface area (Å²) in [6.07, 6.45) is 2.29. The van der Waals surface area contributed by atoms with Crippen LogP contribution >= 0.6 is 0 Å². The number of hydrogen-bond acceptors (Lipinski definition) is 3. The van der Waals surface area contributed by atoms with Gasteiger partial charge in [0.15, 0.2) is 0 Å². The van der Waals surface area contributed by atoms with Crippen LogP contribution in [0.2, 0.25) is 0 Å². The third-order valence-electron chi connectivity index (χ3n) is 3.79. The quantitative estimate of drug-likeness (QED) is 0.926. The molecule has 0 unspecified atom stereocenters. The fourth-order valence-electron chi connectivity index (χ4n) is 2.78. The van der Waals surface area contributed by atoms with E-state index in [1.165, 1.54) is 6.07 Å². The van der Waals surface area contributed by atoms with Crippen molar-refractivity contribution in [3.63, 3.8) is 0 Å². The van der Waals surface area contributed by atoms with Gasteiger partial charge in [0.25, 0.3) is 0 Å². The minimum atomic E-state index is -0.668. The van der Waals surface area contributed by atoms with Gasteiger partial charge in [-0.15, -0.1) is 0 Å². The molecule has 0 radical (unpaired) electrons. The van der Waals surface area contributed by atoms with Gasteiger partial charge in [0, 0.05) is 17.9 Å². The van der Waals surface area contributed by atoms with Crippen molar-refractivity contribution in [1.82, 2.24) is 5.32 Å². The lowest BCUT2D eigenvalue weighted by atomic mass is 9.80. The normalized spacial score (nSPS) is 19.9. The predicted molar refractivity (Wildman–Crippen MR) is 76.3 cm³/mol. The molecule has 1 N–H and O–H groups in total. The molecule has 0 spiro atoms. The summed E-state index contributed by atoms with van der Waals surface area (Å²) < 4.78 is 18.9. The van der Waals surface area contributed by atoms with E-state index >= 15 is 0 Å². The molecular weight excluding hydrogens is 273 g/mol. The van der Waals surface area contributed by atoms with Gasteiger partial charge in [-0.1, -0.05) is 24.6 Å². The van der Waals surface area contributed by atoms with Gasteiger partial charge in [-0.2, -0.15) is 0 Å². The summed E-state index contributed by atoms with van der Waals surface area (Å²) in [6.45, 7) is 1.93. The lowest BCUT2D eigenvalue weighted by Gasteiger charge is -2.30. The van der Waals surface area contributed by atoms with Gasteiger partial charge >= 0.3 is 6.09 Å². The molecule has 2 rings (SSSR count). The van der Waals surface area contributed by atoms with Crippen molar-refractivity contribution in [3.05, 3.63) is 35.6 Å². The molecule has 0 aromatic heterocycles. The van der Waals surface area contributed by atoms with E-state index in [1.54, 1.807) is 25.1 Å². The van der Waals surface area contributed by atoms with E-state index in [4.69, 9.17) is 4.74 Å². The first kappa shape index (κ1) is 15.5. The molecule has 114 valence electrons. The molecule has 21 heavy (non-hydrogen) atoms. The van der Waals surface area contributed by atoms with Gasteiger partial charge in [-0.25, -0.2) is 9.18 Å². The van der Waals surface area contributed by atoms with E-state index in [0.29, 0.717) is 18.4 Å². The van der Waals surface area contributed by atoms with Crippen molar-refractivity contribution in [2.45, 2.75) is 38.6 Å². The van der Waals surface area contributed by atoms with Gasteiger partial charge in [-0.05, 0) is 25.8 Å². The molecule has 1 fully saturated rings. The van der Waals surface area contributed by atoms with Gasteiger partial charge in [0.2, 0.25) is 0 Å². The summed E-state index contributed by atoms with van der Waals surface area (Å²) in [5, 5.41) is 2.65. The molecule has 0 aliphatic heterocycles. The summed E-state index contributed by atoms with van der Waals surface area (Å²) in [4.78, 5) is 23.9. The highest BCUT2D eigenvalue weighted by molar-refractivity contribution is 5.83. The molecule has 1 amide bonds. The van der Waals surface area contributed by atoms with Crippen molar-refractivity contribution in [2.24, 2.45) is 5.92 Å². The fraction of sp³-hybridized carbons (Fsp3) is 0.500. The molecule has 0 bridgehead atoms. The summed E-state index contributed by atoms with van der Waals surface area (Å²) in [5.74, 6) is -0.732. The van der Waals surface area contributed by atoms with Crippen LogP contribution in [0.15, 0.2) is 24.3 Å². The molecule has 1 aliphatic carbocycles. The van der Waals surface area contributed by atoms with Crippen molar-refractivity contribution in [1.29, 1.82) is 0 Å². The van der Waals surface area contributed by atoms with Crippen LogP contribution in [0.3, 0.4) is 0 Å². The van der Waals surface area contributed by atoms with Crippen molar-refractivity contribution in [3.8, 4) is 0 Å². The third-order valence-corrected chi connectivity index (χ3v) is 3.79. The lowest BCUT2D eigenvalue weighted by molar-refractivity contribution is -0.125. The number of hydrogen-bond donors (Lipinski definition) is 1. The number of nitrogens with one attached hydrogen (secondary N) is 1. The number of halogens is 1. The number of ether oxygens (including phenoxy) is 1. The lowest BCUT2D eigenvalue weighted by Crippen LogP contribution is -2.38. The fourth-order valence-corrected chi connectivity index (χ4v) is 2.78. The Kier molecular flexibility index (Phi) is 5.31.